The maximum absolute atomic E-state index is 12.0. The highest BCUT2D eigenvalue weighted by Gasteiger charge is 2.15. The lowest BCUT2D eigenvalue weighted by molar-refractivity contribution is -0.121. The fourth-order valence-electron chi connectivity index (χ4n) is 1.71. The highest BCUT2D eigenvalue weighted by atomic mass is 32.2. The molecule has 0 radical (unpaired) electrons. The largest absolute Gasteiger partial charge is 0.399 e. The van der Waals surface area contributed by atoms with Gasteiger partial charge in [-0.2, -0.15) is 0 Å². The molecule has 0 aliphatic carbocycles. The zero-order chi connectivity index (χ0) is 15.3. The van der Waals surface area contributed by atoms with E-state index >= 15 is 0 Å². The van der Waals surface area contributed by atoms with Crippen molar-refractivity contribution < 1.29 is 13.2 Å². The quantitative estimate of drug-likeness (QED) is 0.675. The van der Waals surface area contributed by atoms with Gasteiger partial charge in [-0.05, 0) is 44.5 Å². The first-order valence-electron chi connectivity index (χ1n) is 6.37. The summed E-state index contributed by atoms with van der Waals surface area (Å²) in [6, 6.07) is 4.65. The van der Waals surface area contributed by atoms with E-state index in [0.29, 0.717) is 5.69 Å². The third-order valence-corrected chi connectivity index (χ3v) is 3.92. The average molecular weight is 299 g/mol. The average Bonchev–Trinajstić information content (AvgIpc) is 2.26. The van der Waals surface area contributed by atoms with Crippen LogP contribution in [0.5, 0.6) is 0 Å². The molecule has 0 aliphatic heterocycles. The van der Waals surface area contributed by atoms with Crippen LogP contribution in [0.4, 0.5) is 5.69 Å². The first kappa shape index (κ1) is 16.5. The lowest BCUT2D eigenvalue weighted by Crippen LogP contribution is -2.34. The van der Waals surface area contributed by atoms with Gasteiger partial charge in [0.05, 0.1) is 4.90 Å². The molecular weight excluding hydrogens is 278 g/mol. The molecule has 4 N–H and O–H groups in total. The van der Waals surface area contributed by atoms with Crippen molar-refractivity contribution in [3.8, 4) is 0 Å². The molecule has 1 amide bonds. The van der Waals surface area contributed by atoms with E-state index in [4.69, 9.17) is 5.73 Å². The zero-order valence-corrected chi connectivity index (χ0v) is 12.8. The topological polar surface area (TPSA) is 101 Å². The van der Waals surface area contributed by atoms with Gasteiger partial charge in [-0.15, -0.1) is 0 Å². The third-order valence-electron chi connectivity index (χ3n) is 2.48. The van der Waals surface area contributed by atoms with E-state index in [2.05, 4.69) is 10.0 Å². The minimum absolute atomic E-state index is 0.0377. The molecule has 0 aliphatic rings. The molecule has 6 nitrogen and oxygen atoms in total. The first-order valence-corrected chi connectivity index (χ1v) is 7.85. The molecule has 1 rings (SSSR count). The van der Waals surface area contributed by atoms with Crippen LogP contribution in [0, 0.1) is 6.92 Å². The first-order chi connectivity index (χ1) is 9.20. The molecule has 0 fully saturated rings. The molecule has 0 heterocycles. The standard InChI is InChI=1S/C13H21N3O3S/c1-9(2)16-13(17)4-5-15-20(18,19)12-7-10(3)6-11(14)8-12/h6-9,15H,4-5,14H2,1-3H3,(H,16,17). The molecule has 0 atom stereocenters. The fourth-order valence-corrected chi connectivity index (χ4v) is 2.88. The number of amides is 1. The second-order valence-corrected chi connectivity index (χ2v) is 6.72. The van der Waals surface area contributed by atoms with Gasteiger partial charge in [0.25, 0.3) is 0 Å². The maximum atomic E-state index is 12.0. The van der Waals surface area contributed by atoms with E-state index in [-0.39, 0.29) is 29.8 Å². The van der Waals surface area contributed by atoms with E-state index in [1.54, 1.807) is 13.0 Å². The molecule has 0 saturated heterocycles. The van der Waals surface area contributed by atoms with Crippen molar-refractivity contribution in [3.63, 3.8) is 0 Å². The highest BCUT2D eigenvalue weighted by Crippen LogP contribution is 2.15. The molecular formula is C13H21N3O3S. The monoisotopic (exact) mass is 299 g/mol. The number of carbonyl (C=O) groups excluding carboxylic acids is 1. The Hall–Kier alpha value is -1.60. The number of nitrogen functional groups attached to an aromatic ring is 1. The van der Waals surface area contributed by atoms with E-state index in [1.165, 1.54) is 12.1 Å². The van der Waals surface area contributed by atoms with Crippen LogP contribution in [0.3, 0.4) is 0 Å². The second-order valence-electron chi connectivity index (χ2n) is 4.95. The van der Waals surface area contributed by atoms with Gasteiger partial charge in [0.15, 0.2) is 0 Å². The third kappa shape index (κ3) is 5.18. The Bertz CT molecular complexity index is 562. The van der Waals surface area contributed by atoms with Crippen molar-refractivity contribution >= 4 is 21.6 Å². The van der Waals surface area contributed by atoms with Crippen LogP contribution in [0.15, 0.2) is 23.1 Å². The summed E-state index contributed by atoms with van der Waals surface area (Å²) in [4.78, 5) is 11.5. The second kappa shape index (κ2) is 6.71. The van der Waals surface area contributed by atoms with E-state index < -0.39 is 10.0 Å². The van der Waals surface area contributed by atoms with Gasteiger partial charge >= 0.3 is 0 Å². The number of nitrogens with one attached hydrogen (secondary N) is 2. The van der Waals surface area contributed by atoms with E-state index in [1.807, 2.05) is 13.8 Å². The van der Waals surface area contributed by atoms with Crippen molar-refractivity contribution in [2.24, 2.45) is 0 Å². The molecule has 7 heteroatoms. The van der Waals surface area contributed by atoms with Crippen LogP contribution in [-0.4, -0.2) is 26.9 Å². The minimum Gasteiger partial charge on any atom is -0.399 e. The summed E-state index contributed by atoms with van der Waals surface area (Å²) in [5.74, 6) is -0.188. The Morgan fingerprint density at radius 1 is 1.30 bits per heavy atom. The van der Waals surface area contributed by atoms with Gasteiger partial charge in [-0.1, -0.05) is 0 Å². The molecule has 0 saturated carbocycles. The fraction of sp³-hybridized carbons (Fsp3) is 0.462. The molecule has 1 aromatic rings. The van der Waals surface area contributed by atoms with Gasteiger partial charge in [0.2, 0.25) is 15.9 Å². The molecule has 0 unspecified atom stereocenters. The summed E-state index contributed by atoms with van der Waals surface area (Å²) in [7, 11) is -3.64. The van der Waals surface area contributed by atoms with Crippen LogP contribution in [-0.2, 0) is 14.8 Å². The van der Waals surface area contributed by atoms with Gasteiger partial charge < -0.3 is 11.1 Å². The van der Waals surface area contributed by atoms with E-state index in [0.717, 1.165) is 5.56 Å². The number of anilines is 1. The molecule has 0 aromatic heterocycles. The van der Waals surface area contributed by atoms with Crippen molar-refractivity contribution in [3.05, 3.63) is 23.8 Å². The Labute approximate surface area is 119 Å². The Morgan fingerprint density at radius 2 is 1.95 bits per heavy atom. The summed E-state index contributed by atoms with van der Waals surface area (Å²) in [6.45, 7) is 5.51. The van der Waals surface area contributed by atoms with Crippen molar-refractivity contribution in [2.75, 3.05) is 12.3 Å². The number of hydrogen-bond acceptors (Lipinski definition) is 4. The van der Waals surface area contributed by atoms with Gasteiger partial charge in [-0.3, -0.25) is 4.79 Å². The van der Waals surface area contributed by atoms with Gasteiger partial charge in [-0.25, -0.2) is 13.1 Å². The summed E-state index contributed by atoms with van der Waals surface area (Å²) in [5, 5.41) is 2.69. The molecule has 112 valence electrons. The van der Waals surface area contributed by atoms with Gasteiger partial charge in [0, 0.05) is 24.7 Å². The number of benzene rings is 1. The van der Waals surface area contributed by atoms with Crippen LogP contribution in [0.25, 0.3) is 0 Å². The minimum atomic E-state index is -3.64. The summed E-state index contributed by atoms with van der Waals surface area (Å²) < 4.78 is 26.5. The summed E-state index contributed by atoms with van der Waals surface area (Å²) in [6.07, 6.45) is 0.0959. The number of rotatable bonds is 6. The summed E-state index contributed by atoms with van der Waals surface area (Å²) in [5.41, 5.74) is 6.79. The van der Waals surface area contributed by atoms with Crippen molar-refractivity contribution in [1.29, 1.82) is 0 Å². The Balaban J connectivity index is 2.64. The Morgan fingerprint density at radius 3 is 2.50 bits per heavy atom. The predicted octanol–water partition coefficient (Wildman–Crippen LogP) is 0.770. The highest BCUT2D eigenvalue weighted by molar-refractivity contribution is 7.89. The van der Waals surface area contributed by atoms with Gasteiger partial charge in [0.1, 0.15) is 0 Å². The number of nitrogens with two attached hydrogens (primary N) is 1. The van der Waals surface area contributed by atoms with E-state index in [9.17, 15) is 13.2 Å². The number of hydrogen-bond donors (Lipinski definition) is 3. The molecule has 0 bridgehead atoms. The SMILES string of the molecule is Cc1cc(N)cc(S(=O)(=O)NCCC(=O)NC(C)C)c1. The predicted molar refractivity (Wildman–Crippen MR) is 78.7 cm³/mol. The zero-order valence-electron chi connectivity index (χ0n) is 11.9. The number of carbonyl (C=O) groups is 1. The number of aryl methyl sites for hydroxylation is 1. The Kier molecular flexibility index (Phi) is 5.52. The maximum Gasteiger partial charge on any atom is 0.240 e. The molecule has 1 aromatic carbocycles. The lowest BCUT2D eigenvalue weighted by atomic mass is 10.2. The van der Waals surface area contributed by atoms with Crippen LogP contribution >= 0.6 is 0 Å². The van der Waals surface area contributed by atoms with Crippen LogP contribution in [0.2, 0.25) is 0 Å². The van der Waals surface area contributed by atoms with Crippen molar-refractivity contribution in [1.82, 2.24) is 10.0 Å². The normalized spacial score (nSPS) is 11.6. The molecule has 0 spiro atoms. The van der Waals surface area contributed by atoms with Crippen molar-refractivity contribution in [2.45, 2.75) is 38.1 Å². The van der Waals surface area contributed by atoms with Crippen LogP contribution in [0.1, 0.15) is 25.8 Å². The van der Waals surface area contributed by atoms with Crippen LogP contribution < -0.4 is 15.8 Å². The lowest BCUT2D eigenvalue weighted by Gasteiger charge is -2.10. The smallest absolute Gasteiger partial charge is 0.240 e. The summed E-state index contributed by atoms with van der Waals surface area (Å²) >= 11 is 0. The molecule has 20 heavy (non-hydrogen) atoms. The number of sulfonamides is 1.